The van der Waals surface area contributed by atoms with Gasteiger partial charge in [-0.15, -0.1) is 6.58 Å². The van der Waals surface area contributed by atoms with Crippen molar-refractivity contribution in [3.05, 3.63) is 43.0 Å². The molecule has 0 saturated heterocycles. The molecule has 21 heavy (non-hydrogen) atoms. The number of rotatable bonds is 7. The van der Waals surface area contributed by atoms with E-state index in [-0.39, 0.29) is 5.71 Å². The number of para-hydroxylation sites is 1. The molecule has 118 valence electrons. The first-order valence-corrected chi connectivity index (χ1v) is 6.37. The first kappa shape index (κ1) is 19.2. The molecule has 0 aliphatic carbocycles. The molecule has 3 atom stereocenters. The molecule has 0 radical (unpaired) electrons. The molecule has 0 saturated carbocycles. The van der Waals surface area contributed by atoms with Crippen molar-refractivity contribution in [1.82, 2.24) is 0 Å². The Kier molecular flexibility index (Phi) is 9.16. The molecule has 0 bridgehead atoms. The van der Waals surface area contributed by atoms with Crippen molar-refractivity contribution in [3.63, 3.8) is 0 Å². The van der Waals surface area contributed by atoms with Crippen LogP contribution < -0.4 is 5.32 Å². The number of halogens is 2. The van der Waals surface area contributed by atoms with Gasteiger partial charge < -0.3 is 20.9 Å². The SMILES string of the molecule is C=CC(Nc1ccccc1)C(C(C)=N)C(O)C(F)F.CO. The van der Waals surface area contributed by atoms with Crippen LogP contribution in [0.2, 0.25) is 0 Å². The maximum Gasteiger partial charge on any atom is 0.264 e. The van der Waals surface area contributed by atoms with E-state index in [0.717, 1.165) is 12.8 Å². The van der Waals surface area contributed by atoms with Crippen LogP contribution in [0.1, 0.15) is 6.92 Å². The Morgan fingerprint density at radius 2 is 1.81 bits per heavy atom. The van der Waals surface area contributed by atoms with E-state index >= 15 is 0 Å². The fraction of sp³-hybridized carbons (Fsp3) is 0.400. The number of aliphatic hydroxyl groups excluding tert-OH is 2. The third kappa shape index (κ3) is 6.01. The minimum atomic E-state index is -2.90. The number of alkyl halides is 2. The lowest BCUT2D eigenvalue weighted by molar-refractivity contribution is -0.0246. The molecule has 4 nitrogen and oxygen atoms in total. The van der Waals surface area contributed by atoms with Gasteiger partial charge in [0.2, 0.25) is 0 Å². The van der Waals surface area contributed by atoms with Crippen molar-refractivity contribution in [1.29, 1.82) is 5.41 Å². The van der Waals surface area contributed by atoms with Crippen molar-refractivity contribution >= 4 is 11.4 Å². The average Bonchev–Trinajstić information content (AvgIpc) is 2.49. The van der Waals surface area contributed by atoms with Gasteiger partial charge in [0.25, 0.3) is 6.43 Å². The Morgan fingerprint density at radius 1 is 1.29 bits per heavy atom. The van der Waals surface area contributed by atoms with Crippen molar-refractivity contribution in [2.75, 3.05) is 12.4 Å². The van der Waals surface area contributed by atoms with E-state index < -0.39 is 24.5 Å². The second-order valence-corrected chi connectivity index (χ2v) is 4.31. The van der Waals surface area contributed by atoms with E-state index in [2.05, 4.69) is 11.9 Å². The quantitative estimate of drug-likeness (QED) is 0.462. The van der Waals surface area contributed by atoms with E-state index in [1.54, 1.807) is 24.3 Å². The van der Waals surface area contributed by atoms with Gasteiger partial charge in [-0.05, 0) is 19.1 Å². The van der Waals surface area contributed by atoms with Crippen LogP contribution in [-0.2, 0) is 0 Å². The molecular weight excluding hydrogens is 278 g/mol. The van der Waals surface area contributed by atoms with Gasteiger partial charge in [-0.2, -0.15) is 0 Å². The Balaban J connectivity index is 0.00000191. The highest BCUT2D eigenvalue weighted by Gasteiger charge is 2.34. The Bertz CT molecular complexity index is 427. The summed E-state index contributed by atoms with van der Waals surface area (Å²) >= 11 is 0. The van der Waals surface area contributed by atoms with Crippen LogP contribution in [0.5, 0.6) is 0 Å². The minimum absolute atomic E-state index is 0.0128. The fourth-order valence-electron chi connectivity index (χ4n) is 1.92. The van der Waals surface area contributed by atoms with Crippen LogP contribution >= 0.6 is 0 Å². The second-order valence-electron chi connectivity index (χ2n) is 4.31. The van der Waals surface area contributed by atoms with E-state index in [1.165, 1.54) is 13.0 Å². The highest BCUT2D eigenvalue weighted by molar-refractivity contribution is 5.83. The van der Waals surface area contributed by atoms with Gasteiger partial charge in [0.15, 0.2) is 0 Å². The topological polar surface area (TPSA) is 76.3 Å². The predicted molar refractivity (Wildman–Crippen MR) is 81.1 cm³/mol. The molecule has 0 aliphatic rings. The second kappa shape index (κ2) is 10.0. The number of benzene rings is 1. The van der Waals surface area contributed by atoms with Crippen LogP contribution in [0.3, 0.4) is 0 Å². The van der Waals surface area contributed by atoms with Crippen molar-refractivity contribution in [3.8, 4) is 0 Å². The molecule has 0 spiro atoms. The Morgan fingerprint density at radius 3 is 2.19 bits per heavy atom. The summed E-state index contributed by atoms with van der Waals surface area (Å²) < 4.78 is 25.3. The lowest BCUT2D eigenvalue weighted by Gasteiger charge is -2.29. The first-order chi connectivity index (χ1) is 9.97. The third-order valence-electron chi connectivity index (χ3n) is 2.87. The maximum absolute atomic E-state index is 12.7. The van der Waals surface area contributed by atoms with E-state index in [9.17, 15) is 13.9 Å². The van der Waals surface area contributed by atoms with Crippen molar-refractivity contribution in [2.45, 2.75) is 25.5 Å². The molecule has 1 aromatic rings. The minimum Gasteiger partial charge on any atom is -0.400 e. The van der Waals surface area contributed by atoms with Crippen molar-refractivity contribution < 1.29 is 19.0 Å². The van der Waals surface area contributed by atoms with Crippen molar-refractivity contribution in [2.24, 2.45) is 5.92 Å². The van der Waals surface area contributed by atoms with Gasteiger partial charge in [-0.3, -0.25) is 0 Å². The summed E-state index contributed by atoms with van der Waals surface area (Å²) in [6.45, 7) is 4.99. The normalized spacial score (nSPS) is 14.4. The predicted octanol–water partition coefficient (Wildman–Crippen LogP) is 2.54. The van der Waals surface area contributed by atoms with Gasteiger partial charge >= 0.3 is 0 Å². The monoisotopic (exact) mass is 300 g/mol. The van der Waals surface area contributed by atoms with Gasteiger partial charge in [-0.1, -0.05) is 24.3 Å². The molecule has 0 heterocycles. The molecule has 1 rings (SSSR count). The zero-order chi connectivity index (χ0) is 16.4. The Labute approximate surface area is 123 Å². The van der Waals surface area contributed by atoms with Crippen LogP contribution in [0.15, 0.2) is 43.0 Å². The summed E-state index contributed by atoms with van der Waals surface area (Å²) in [5, 5.41) is 27.1. The fourth-order valence-corrected chi connectivity index (χ4v) is 1.92. The zero-order valence-corrected chi connectivity index (χ0v) is 12.1. The van der Waals surface area contributed by atoms with Crippen LogP contribution in [0.4, 0.5) is 14.5 Å². The molecule has 0 fully saturated rings. The largest absolute Gasteiger partial charge is 0.400 e. The summed E-state index contributed by atoms with van der Waals surface area (Å²) in [5.74, 6) is -1.02. The number of anilines is 1. The average molecular weight is 300 g/mol. The number of hydrogen-bond donors (Lipinski definition) is 4. The molecule has 0 amide bonds. The molecular formula is C15H22F2N2O2. The molecule has 0 aromatic heterocycles. The van der Waals surface area contributed by atoms with Crippen LogP contribution in [0.25, 0.3) is 0 Å². The number of nitrogens with one attached hydrogen (secondary N) is 2. The number of aliphatic hydroxyl groups is 2. The van der Waals surface area contributed by atoms with Gasteiger partial charge in [0.05, 0.1) is 12.0 Å². The van der Waals surface area contributed by atoms with Gasteiger partial charge in [-0.25, -0.2) is 8.78 Å². The molecule has 6 heteroatoms. The number of hydrogen-bond acceptors (Lipinski definition) is 4. The highest BCUT2D eigenvalue weighted by atomic mass is 19.3. The third-order valence-corrected chi connectivity index (χ3v) is 2.87. The van der Waals surface area contributed by atoms with Crippen LogP contribution in [-0.4, -0.2) is 41.6 Å². The van der Waals surface area contributed by atoms with E-state index in [1.807, 2.05) is 6.07 Å². The zero-order valence-electron chi connectivity index (χ0n) is 12.1. The first-order valence-electron chi connectivity index (χ1n) is 6.37. The summed E-state index contributed by atoms with van der Waals surface area (Å²) in [5.41, 5.74) is 0.709. The smallest absolute Gasteiger partial charge is 0.264 e. The lowest BCUT2D eigenvalue weighted by atomic mass is 9.89. The van der Waals surface area contributed by atoms with E-state index in [0.29, 0.717) is 0 Å². The summed E-state index contributed by atoms with van der Waals surface area (Å²) in [6.07, 6.45) is -3.36. The lowest BCUT2D eigenvalue weighted by Crippen LogP contribution is -2.43. The Hall–Kier alpha value is -1.79. The molecule has 1 aromatic carbocycles. The molecule has 3 unspecified atom stereocenters. The molecule has 4 N–H and O–H groups in total. The van der Waals surface area contributed by atoms with Gasteiger partial charge in [0, 0.05) is 18.5 Å². The highest BCUT2D eigenvalue weighted by Crippen LogP contribution is 2.21. The van der Waals surface area contributed by atoms with Gasteiger partial charge in [0.1, 0.15) is 6.10 Å². The molecule has 0 aliphatic heterocycles. The maximum atomic E-state index is 12.7. The summed E-state index contributed by atoms with van der Waals surface area (Å²) in [7, 11) is 1.00. The van der Waals surface area contributed by atoms with E-state index in [4.69, 9.17) is 10.5 Å². The summed E-state index contributed by atoms with van der Waals surface area (Å²) in [6, 6.07) is 8.37. The standard InChI is InChI=1S/C14H18F2N2O.CH4O/c1-3-11(18-10-7-5-4-6-8-10)12(9(2)17)13(19)14(15)16;1-2/h3-8,11-14,17-19H,1H2,2H3;2H,1H3. The summed E-state index contributed by atoms with van der Waals surface area (Å²) in [4.78, 5) is 0. The van der Waals surface area contributed by atoms with Crippen LogP contribution in [0, 0.1) is 11.3 Å².